The van der Waals surface area contributed by atoms with E-state index in [-0.39, 0.29) is 12.5 Å². The Balaban J connectivity index is 2.22. The molecule has 1 saturated heterocycles. The van der Waals surface area contributed by atoms with Crippen LogP contribution >= 0.6 is 0 Å². The van der Waals surface area contributed by atoms with Gasteiger partial charge >= 0.3 is 0 Å². The van der Waals surface area contributed by atoms with Gasteiger partial charge in [0.2, 0.25) is 5.91 Å². The van der Waals surface area contributed by atoms with Gasteiger partial charge in [0.15, 0.2) is 0 Å². The van der Waals surface area contributed by atoms with Crippen LogP contribution in [-0.2, 0) is 4.79 Å². The molecule has 0 saturated carbocycles. The normalized spacial score (nSPS) is 20.9. The van der Waals surface area contributed by atoms with Crippen molar-refractivity contribution in [2.75, 3.05) is 39.4 Å². The summed E-state index contributed by atoms with van der Waals surface area (Å²) in [6.07, 6.45) is 0.948. The molecule has 0 radical (unpaired) electrons. The molecule has 6 nitrogen and oxygen atoms in total. The van der Waals surface area contributed by atoms with E-state index in [2.05, 4.69) is 5.32 Å². The van der Waals surface area contributed by atoms with Crippen LogP contribution in [-0.4, -0.2) is 71.1 Å². The summed E-state index contributed by atoms with van der Waals surface area (Å²) in [6, 6.07) is 0. The van der Waals surface area contributed by atoms with Crippen molar-refractivity contribution in [2.24, 2.45) is 5.92 Å². The van der Waals surface area contributed by atoms with Gasteiger partial charge in [0.05, 0.1) is 13.2 Å². The van der Waals surface area contributed by atoms with Crippen molar-refractivity contribution >= 4 is 5.91 Å². The fraction of sp³-hybridized carbons (Fsp3) is 0.909. The van der Waals surface area contributed by atoms with Crippen molar-refractivity contribution < 1.29 is 20.1 Å². The molecule has 1 amide bonds. The molecule has 0 aromatic carbocycles. The molecule has 1 heterocycles. The highest BCUT2D eigenvalue weighted by Gasteiger charge is 2.27. The molecule has 0 spiro atoms. The quantitative estimate of drug-likeness (QED) is 0.442. The molecule has 6 heteroatoms. The van der Waals surface area contributed by atoms with E-state index in [9.17, 15) is 9.90 Å². The van der Waals surface area contributed by atoms with Crippen LogP contribution in [0.1, 0.15) is 13.3 Å². The van der Waals surface area contributed by atoms with Crippen LogP contribution in [0.4, 0.5) is 0 Å². The van der Waals surface area contributed by atoms with E-state index in [1.54, 1.807) is 11.8 Å². The molecule has 0 bridgehead atoms. The minimum absolute atomic E-state index is 0.0923. The lowest BCUT2D eigenvalue weighted by molar-refractivity contribution is -0.127. The summed E-state index contributed by atoms with van der Waals surface area (Å²) >= 11 is 0. The van der Waals surface area contributed by atoms with E-state index in [1.807, 2.05) is 0 Å². The lowest BCUT2D eigenvalue weighted by atomic mass is 10.1. The first-order valence-electron chi connectivity index (χ1n) is 5.91. The van der Waals surface area contributed by atoms with Crippen molar-refractivity contribution in [3.8, 4) is 0 Å². The van der Waals surface area contributed by atoms with Gasteiger partial charge in [-0.2, -0.15) is 0 Å². The number of aliphatic hydroxyl groups is 3. The molecule has 1 rings (SSSR count). The number of carbonyl (C=O) groups excluding carboxylic acids is 1. The van der Waals surface area contributed by atoms with Gasteiger partial charge in [0, 0.05) is 26.6 Å². The van der Waals surface area contributed by atoms with Crippen LogP contribution in [0.2, 0.25) is 0 Å². The van der Waals surface area contributed by atoms with E-state index in [1.165, 1.54) is 0 Å². The summed E-state index contributed by atoms with van der Waals surface area (Å²) in [5.41, 5.74) is -1.46. The average molecular weight is 246 g/mol. The average Bonchev–Trinajstić information content (AvgIpc) is 2.78. The van der Waals surface area contributed by atoms with Crippen molar-refractivity contribution in [2.45, 2.75) is 18.9 Å². The highest BCUT2D eigenvalue weighted by Crippen LogP contribution is 2.15. The second-order valence-corrected chi connectivity index (χ2v) is 4.79. The first-order valence-corrected chi connectivity index (χ1v) is 5.91. The van der Waals surface area contributed by atoms with Crippen molar-refractivity contribution in [1.82, 2.24) is 10.2 Å². The van der Waals surface area contributed by atoms with Crippen LogP contribution in [0.25, 0.3) is 0 Å². The molecule has 0 aliphatic carbocycles. The summed E-state index contributed by atoms with van der Waals surface area (Å²) < 4.78 is 0. The fourth-order valence-electron chi connectivity index (χ4n) is 1.96. The van der Waals surface area contributed by atoms with Crippen LogP contribution < -0.4 is 5.32 Å². The topological polar surface area (TPSA) is 93.0 Å². The molecule has 1 atom stereocenters. The van der Waals surface area contributed by atoms with E-state index < -0.39 is 18.8 Å². The first-order chi connectivity index (χ1) is 8.00. The van der Waals surface area contributed by atoms with Crippen molar-refractivity contribution in [3.63, 3.8) is 0 Å². The van der Waals surface area contributed by atoms with Gasteiger partial charge in [-0.1, -0.05) is 0 Å². The molecule has 1 fully saturated rings. The molecule has 100 valence electrons. The smallest absolute Gasteiger partial charge is 0.219 e. The number of nitrogens with one attached hydrogen (secondary N) is 1. The summed E-state index contributed by atoms with van der Waals surface area (Å²) in [5, 5.41) is 30.4. The Morgan fingerprint density at radius 1 is 1.47 bits per heavy atom. The maximum absolute atomic E-state index is 11.1. The maximum atomic E-state index is 11.1. The number of hydrogen-bond acceptors (Lipinski definition) is 5. The summed E-state index contributed by atoms with van der Waals surface area (Å²) in [4.78, 5) is 12.9. The first kappa shape index (κ1) is 14.4. The van der Waals surface area contributed by atoms with Crippen LogP contribution in [0, 0.1) is 5.92 Å². The minimum atomic E-state index is -1.46. The van der Waals surface area contributed by atoms with Gasteiger partial charge < -0.3 is 25.5 Å². The molecular formula is C11H22N2O4. The minimum Gasteiger partial charge on any atom is -0.393 e. The highest BCUT2D eigenvalue weighted by atomic mass is 16.4. The van der Waals surface area contributed by atoms with Gasteiger partial charge in [-0.3, -0.25) is 4.79 Å². The third kappa shape index (κ3) is 4.23. The Kier molecular flexibility index (Phi) is 5.32. The number of aliphatic hydroxyl groups excluding tert-OH is 2. The van der Waals surface area contributed by atoms with Crippen molar-refractivity contribution in [3.05, 3.63) is 0 Å². The van der Waals surface area contributed by atoms with E-state index in [4.69, 9.17) is 10.2 Å². The number of hydrogen-bond donors (Lipinski definition) is 4. The molecule has 0 aromatic rings. The second-order valence-electron chi connectivity index (χ2n) is 4.79. The number of nitrogens with zero attached hydrogens (tertiary/aromatic N) is 1. The second kappa shape index (κ2) is 6.30. The SMILES string of the molecule is CC(=O)N1CC[C@H](CNCC(O)(CO)CO)C1. The van der Waals surface area contributed by atoms with Crippen LogP contribution in [0.15, 0.2) is 0 Å². The predicted octanol–water partition coefficient (Wildman–Crippen LogP) is -1.84. The largest absolute Gasteiger partial charge is 0.393 e. The van der Waals surface area contributed by atoms with E-state index >= 15 is 0 Å². The molecule has 17 heavy (non-hydrogen) atoms. The Morgan fingerprint density at radius 3 is 2.59 bits per heavy atom. The lowest BCUT2D eigenvalue weighted by Crippen LogP contribution is -2.48. The fourth-order valence-corrected chi connectivity index (χ4v) is 1.96. The summed E-state index contributed by atoms with van der Waals surface area (Å²) in [5.74, 6) is 0.468. The molecule has 0 aromatic heterocycles. The van der Waals surface area contributed by atoms with Gasteiger partial charge in [0.1, 0.15) is 5.60 Å². The zero-order valence-electron chi connectivity index (χ0n) is 10.2. The molecule has 1 aliphatic heterocycles. The monoisotopic (exact) mass is 246 g/mol. The Morgan fingerprint density at radius 2 is 2.12 bits per heavy atom. The number of carbonyl (C=O) groups is 1. The van der Waals surface area contributed by atoms with Crippen LogP contribution in [0.5, 0.6) is 0 Å². The zero-order chi connectivity index (χ0) is 12.9. The van der Waals surface area contributed by atoms with E-state index in [0.29, 0.717) is 12.5 Å². The van der Waals surface area contributed by atoms with E-state index in [0.717, 1.165) is 19.5 Å². The highest BCUT2D eigenvalue weighted by molar-refractivity contribution is 5.73. The Labute approximate surface area is 101 Å². The maximum Gasteiger partial charge on any atom is 0.219 e. The van der Waals surface area contributed by atoms with Gasteiger partial charge in [-0.05, 0) is 18.9 Å². The molecular weight excluding hydrogens is 224 g/mol. The molecule has 1 aliphatic rings. The number of amides is 1. The third-order valence-corrected chi connectivity index (χ3v) is 3.21. The summed E-state index contributed by atoms with van der Waals surface area (Å²) in [6.45, 7) is 2.96. The Bertz CT molecular complexity index is 256. The zero-order valence-corrected chi connectivity index (χ0v) is 10.2. The molecule has 0 unspecified atom stereocenters. The van der Waals surface area contributed by atoms with Gasteiger partial charge in [-0.25, -0.2) is 0 Å². The molecule has 4 N–H and O–H groups in total. The number of rotatable bonds is 6. The van der Waals surface area contributed by atoms with Crippen LogP contribution in [0.3, 0.4) is 0 Å². The lowest BCUT2D eigenvalue weighted by Gasteiger charge is -2.24. The van der Waals surface area contributed by atoms with Gasteiger partial charge in [-0.15, -0.1) is 0 Å². The Hall–Kier alpha value is -0.690. The van der Waals surface area contributed by atoms with Crippen molar-refractivity contribution in [1.29, 1.82) is 0 Å². The third-order valence-electron chi connectivity index (χ3n) is 3.21. The number of likely N-dealkylation sites (tertiary alicyclic amines) is 1. The van der Waals surface area contributed by atoms with Gasteiger partial charge in [0.25, 0.3) is 0 Å². The standard InChI is InChI=1S/C11H22N2O4/c1-9(16)13-3-2-10(5-13)4-12-6-11(17,7-14)8-15/h10,12,14-15,17H,2-8H2,1H3/t10-/m1/s1. The predicted molar refractivity (Wildman–Crippen MR) is 62.4 cm³/mol. The summed E-state index contributed by atoms with van der Waals surface area (Å²) in [7, 11) is 0.